The molecule has 2 amide bonds. The van der Waals surface area contributed by atoms with Gasteiger partial charge in [0.25, 0.3) is 0 Å². The number of aryl methyl sites for hydroxylation is 1. The molecule has 0 saturated carbocycles. The number of fused-ring (bicyclic) bond motifs is 1. The van der Waals surface area contributed by atoms with Crippen LogP contribution < -0.4 is 20.3 Å². The van der Waals surface area contributed by atoms with Crippen LogP contribution in [0.3, 0.4) is 0 Å². The van der Waals surface area contributed by atoms with Crippen LogP contribution in [-0.4, -0.2) is 54.5 Å². The Labute approximate surface area is 254 Å². The lowest BCUT2D eigenvalue weighted by Crippen LogP contribution is -2.21. The highest BCUT2D eigenvalue weighted by molar-refractivity contribution is 6.01. The van der Waals surface area contributed by atoms with Gasteiger partial charge in [-0.1, -0.05) is 12.1 Å². The van der Waals surface area contributed by atoms with E-state index < -0.39 is 17.8 Å². The number of nitrogens with zero attached hydrogens (tertiary/aromatic N) is 8. The molecule has 0 bridgehead atoms. The van der Waals surface area contributed by atoms with Crippen LogP contribution >= 0.6 is 0 Å². The zero-order valence-electron chi connectivity index (χ0n) is 24.1. The van der Waals surface area contributed by atoms with Crippen LogP contribution in [0.4, 0.5) is 35.2 Å². The Morgan fingerprint density at radius 1 is 0.933 bits per heavy atom. The number of rotatable bonds is 7. The number of amides is 2. The molecule has 4 aromatic heterocycles. The van der Waals surface area contributed by atoms with Crippen molar-refractivity contribution in [1.82, 2.24) is 34.3 Å². The first-order chi connectivity index (χ1) is 21.5. The van der Waals surface area contributed by atoms with E-state index in [1.807, 2.05) is 43.4 Å². The third-order valence-electron chi connectivity index (χ3n) is 6.60. The fourth-order valence-electron chi connectivity index (χ4n) is 4.39. The van der Waals surface area contributed by atoms with E-state index in [0.29, 0.717) is 11.4 Å². The number of alkyl halides is 3. The van der Waals surface area contributed by atoms with Crippen molar-refractivity contribution < 1.29 is 22.7 Å². The largest absolute Gasteiger partial charge is 0.424 e. The maximum absolute atomic E-state index is 13.4. The summed E-state index contributed by atoms with van der Waals surface area (Å²) < 4.78 is 49.0. The first-order valence-electron chi connectivity index (χ1n) is 13.5. The summed E-state index contributed by atoms with van der Waals surface area (Å²) in [6, 6.07) is 11.4. The van der Waals surface area contributed by atoms with Gasteiger partial charge in [-0.15, -0.1) is 0 Å². The maximum atomic E-state index is 13.4. The molecule has 0 unspecified atom stereocenters. The summed E-state index contributed by atoms with van der Waals surface area (Å²) in [6.45, 7) is 1.79. The highest BCUT2D eigenvalue weighted by atomic mass is 19.4. The Hall–Kier alpha value is -5.99. The number of carbonyl (C=O) groups excluding carboxylic acids is 1. The number of halogens is 3. The zero-order chi connectivity index (χ0) is 31.7. The SMILES string of the molecule is Cc1cnn(-c2ccc(C(F)(F)F)cc2NC(=O)Nc2cnc(Oc3ccc(-c4cnn5ccc(N(C)C)nc45)cc3)nc2)c1. The quantitative estimate of drug-likeness (QED) is 0.218. The molecule has 12 nitrogen and oxygen atoms in total. The van der Waals surface area contributed by atoms with Gasteiger partial charge < -0.3 is 20.3 Å². The normalized spacial score (nSPS) is 11.4. The van der Waals surface area contributed by atoms with Gasteiger partial charge in [0.05, 0.1) is 47.4 Å². The molecular formula is C30H25F3N10O2. The van der Waals surface area contributed by atoms with E-state index in [1.165, 1.54) is 23.1 Å². The molecule has 2 N–H and O–H groups in total. The van der Waals surface area contributed by atoms with Crippen LogP contribution in [-0.2, 0) is 6.18 Å². The molecule has 0 aliphatic carbocycles. The molecule has 6 aromatic rings. The molecule has 0 spiro atoms. The number of aromatic nitrogens is 7. The minimum Gasteiger partial charge on any atom is -0.424 e. The Morgan fingerprint density at radius 2 is 1.69 bits per heavy atom. The summed E-state index contributed by atoms with van der Waals surface area (Å²) in [5.74, 6) is 1.28. The fraction of sp³-hybridized carbons (Fsp3) is 0.133. The summed E-state index contributed by atoms with van der Waals surface area (Å²) in [4.78, 5) is 27.6. The molecule has 0 saturated heterocycles. The van der Waals surface area contributed by atoms with Crippen LogP contribution in [0.15, 0.2) is 85.7 Å². The number of nitrogens with one attached hydrogen (secondary N) is 2. The topological polar surface area (TPSA) is 127 Å². The van der Waals surface area contributed by atoms with E-state index in [1.54, 1.807) is 42.2 Å². The summed E-state index contributed by atoms with van der Waals surface area (Å²) in [5, 5.41) is 13.5. The van der Waals surface area contributed by atoms with Crippen molar-refractivity contribution in [2.45, 2.75) is 13.1 Å². The van der Waals surface area contributed by atoms with Gasteiger partial charge in [-0.05, 0) is 54.4 Å². The Kier molecular flexibility index (Phi) is 7.50. The molecule has 0 aliphatic heterocycles. The van der Waals surface area contributed by atoms with Gasteiger partial charge in [-0.2, -0.15) is 23.4 Å². The molecule has 4 heterocycles. The monoisotopic (exact) mass is 614 g/mol. The van der Waals surface area contributed by atoms with E-state index in [-0.39, 0.29) is 23.1 Å². The van der Waals surface area contributed by atoms with Crippen LogP contribution in [0.1, 0.15) is 11.1 Å². The lowest BCUT2D eigenvalue weighted by molar-refractivity contribution is -0.137. The van der Waals surface area contributed by atoms with Crippen molar-refractivity contribution in [1.29, 1.82) is 0 Å². The fourth-order valence-corrected chi connectivity index (χ4v) is 4.39. The van der Waals surface area contributed by atoms with Crippen molar-refractivity contribution in [3.63, 3.8) is 0 Å². The Morgan fingerprint density at radius 3 is 2.36 bits per heavy atom. The molecule has 15 heteroatoms. The average molecular weight is 615 g/mol. The van der Waals surface area contributed by atoms with Crippen molar-refractivity contribution in [2.24, 2.45) is 0 Å². The second kappa shape index (κ2) is 11.6. The number of hydrogen-bond donors (Lipinski definition) is 2. The van der Waals surface area contributed by atoms with Crippen LogP contribution in [0.2, 0.25) is 0 Å². The molecule has 0 aliphatic rings. The lowest BCUT2D eigenvalue weighted by Gasteiger charge is -2.15. The predicted octanol–water partition coefficient (Wildman–Crippen LogP) is 6.20. The molecule has 6 rings (SSSR count). The third kappa shape index (κ3) is 6.36. The van der Waals surface area contributed by atoms with Crippen LogP contribution in [0.5, 0.6) is 11.8 Å². The van der Waals surface area contributed by atoms with Gasteiger partial charge in [-0.3, -0.25) is 0 Å². The Balaban J connectivity index is 1.12. The zero-order valence-corrected chi connectivity index (χ0v) is 24.1. The maximum Gasteiger partial charge on any atom is 0.416 e. The van der Waals surface area contributed by atoms with Crippen molar-refractivity contribution in [3.05, 3.63) is 96.8 Å². The number of hydrogen-bond acceptors (Lipinski definition) is 8. The summed E-state index contributed by atoms with van der Waals surface area (Å²) in [6.07, 6.45) is 4.80. The standard InChI is InChI=1S/C30H25F3N10O2/c1-18-13-36-43(17-18)25-9-6-20(30(31,32)33)12-24(25)39-28(44)38-21-14-34-29(35-15-21)45-22-7-4-19(5-8-22)23-16-37-42-11-10-26(41(2)3)40-27(23)42/h4-17H,1-3H3,(H2,38,39,44). The molecule has 0 atom stereocenters. The lowest BCUT2D eigenvalue weighted by atomic mass is 10.1. The van der Waals surface area contributed by atoms with E-state index >= 15 is 0 Å². The molecule has 0 fully saturated rings. The summed E-state index contributed by atoms with van der Waals surface area (Å²) in [5.41, 5.74) is 2.69. The second-order valence-electron chi connectivity index (χ2n) is 10.2. The molecule has 2 aromatic carbocycles. The minimum absolute atomic E-state index is 0.0243. The number of benzene rings is 2. The first kappa shape index (κ1) is 29.1. The average Bonchev–Trinajstić information content (AvgIpc) is 3.64. The number of anilines is 3. The van der Waals surface area contributed by atoms with Gasteiger partial charge in [0.2, 0.25) is 0 Å². The van der Waals surface area contributed by atoms with E-state index in [0.717, 1.165) is 34.6 Å². The molecule has 0 radical (unpaired) electrons. The smallest absolute Gasteiger partial charge is 0.416 e. The van der Waals surface area contributed by atoms with E-state index in [9.17, 15) is 18.0 Å². The number of carbonyl (C=O) groups is 1. The molecule has 45 heavy (non-hydrogen) atoms. The summed E-state index contributed by atoms with van der Waals surface area (Å²) >= 11 is 0. The predicted molar refractivity (Wildman–Crippen MR) is 161 cm³/mol. The van der Waals surface area contributed by atoms with Crippen molar-refractivity contribution in [3.8, 4) is 28.6 Å². The van der Waals surface area contributed by atoms with Crippen molar-refractivity contribution >= 4 is 28.9 Å². The van der Waals surface area contributed by atoms with Crippen molar-refractivity contribution in [2.75, 3.05) is 29.6 Å². The van der Waals surface area contributed by atoms with Gasteiger partial charge in [0.1, 0.15) is 11.6 Å². The van der Waals surface area contributed by atoms with E-state index in [2.05, 4.69) is 35.8 Å². The molecular weight excluding hydrogens is 589 g/mol. The molecule has 228 valence electrons. The minimum atomic E-state index is -4.60. The van der Waals surface area contributed by atoms with Crippen LogP contribution in [0.25, 0.3) is 22.5 Å². The van der Waals surface area contributed by atoms with Gasteiger partial charge in [0, 0.05) is 32.1 Å². The third-order valence-corrected chi connectivity index (χ3v) is 6.60. The highest BCUT2D eigenvalue weighted by Crippen LogP contribution is 2.34. The van der Waals surface area contributed by atoms with Gasteiger partial charge in [0.15, 0.2) is 5.65 Å². The summed E-state index contributed by atoms with van der Waals surface area (Å²) in [7, 11) is 3.83. The van der Waals surface area contributed by atoms with E-state index in [4.69, 9.17) is 4.74 Å². The number of urea groups is 1. The van der Waals surface area contributed by atoms with Gasteiger partial charge in [-0.25, -0.2) is 28.9 Å². The van der Waals surface area contributed by atoms with Gasteiger partial charge >= 0.3 is 18.2 Å². The Bertz CT molecular complexity index is 1980. The van der Waals surface area contributed by atoms with Crippen LogP contribution in [0, 0.1) is 6.92 Å². The first-order valence-corrected chi connectivity index (χ1v) is 13.5. The second-order valence-corrected chi connectivity index (χ2v) is 10.2. The number of ether oxygens (including phenoxy) is 1. The highest BCUT2D eigenvalue weighted by Gasteiger charge is 2.31.